The van der Waals surface area contributed by atoms with Gasteiger partial charge in [0, 0.05) is 35.5 Å². The van der Waals surface area contributed by atoms with Crippen molar-refractivity contribution in [2.45, 2.75) is 6.42 Å². The summed E-state index contributed by atoms with van der Waals surface area (Å²) in [4.78, 5) is 16.8. The maximum atomic E-state index is 12.7. The van der Waals surface area contributed by atoms with Gasteiger partial charge in [0.05, 0.1) is 6.61 Å². The predicted octanol–water partition coefficient (Wildman–Crippen LogP) is 4.44. The summed E-state index contributed by atoms with van der Waals surface area (Å²) >= 11 is 0. The van der Waals surface area contributed by atoms with Gasteiger partial charge in [-0.2, -0.15) is 0 Å². The van der Waals surface area contributed by atoms with Crippen molar-refractivity contribution < 1.29 is 9.53 Å². The molecule has 1 aliphatic rings. The summed E-state index contributed by atoms with van der Waals surface area (Å²) in [5.74, 6) is 0.750. The van der Waals surface area contributed by atoms with Gasteiger partial charge in [0.15, 0.2) is 5.78 Å². The summed E-state index contributed by atoms with van der Waals surface area (Å²) in [5.41, 5.74) is 4.38. The minimum absolute atomic E-state index is 0.0245. The van der Waals surface area contributed by atoms with Gasteiger partial charge in [0.2, 0.25) is 0 Å². The lowest BCUT2D eigenvalue weighted by atomic mass is 10.0. The number of benzene rings is 2. The lowest BCUT2D eigenvalue weighted by molar-refractivity contribution is 0.105. The summed E-state index contributed by atoms with van der Waals surface area (Å²) < 4.78 is 5.84. The van der Waals surface area contributed by atoms with Crippen LogP contribution in [0.4, 0.5) is 0 Å². The Morgan fingerprint density at radius 3 is 2.64 bits per heavy atom. The lowest BCUT2D eigenvalue weighted by Gasteiger charge is -2.08. The molecule has 4 rings (SSSR count). The lowest BCUT2D eigenvalue weighted by Crippen LogP contribution is -2.03. The zero-order valence-corrected chi connectivity index (χ0v) is 13.7. The number of ether oxygens (including phenoxy) is 1. The first-order valence-corrected chi connectivity index (χ1v) is 8.29. The second-order valence-corrected chi connectivity index (χ2v) is 5.96. The monoisotopic (exact) mass is 327 g/mol. The average Bonchev–Trinajstić information content (AvgIpc) is 3.00. The fourth-order valence-corrected chi connectivity index (χ4v) is 2.98. The van der Waals surface area contributed by atoms with E-state index < -0.39 is 0 Å². The van der Waals surface area contributed by atoms with Gasteiger partial charge >= 0.3 is 0 Å². The van der Waals surface area contributed by atoms with E-state index in [1.807, 2.05) is 54.6 Å². The number of allylic oxidation sites excluding steroid dienone is 1. The van der Waals surface area contributed by atoms with Crippen molar-refractivity contribution in [2.75, 3.05) is 6.61 Å². The Morgan fingerprint density at radius 2 is 1.84 bits per heavy atom. The summed E-state index contributed by atoms with van der Waals surface area (Å²) in [6, 6.07) is 19.6. The molecule has 0 atom stereocenters. The molecule has 0 N–H and O–H groups in total. The van der Waals surface area contributed by atoms with E-state index in [9.17, 15) is 4.79 Å². The van der Waals surface area contributed by atoms with Gasteiger partial charge in [-0.3, -0.25) is 9.78 Å². The normalized spacial score (nSPS) is 12.6. The molecule has 1 aliphatic carbocycles. The molecule has 1 heterocycles. The third kappa shape index (κ3) is 3.22. The quantitative estimate of drug-likeness (QED) is 0.695. The maximum Gasteiger partial charge on any atom is 0.194 e. The topological polar surface area (TPSA) is 39.2 Å². The molecule has 3 heteroatoms. The highest BCUT2D eigenvalue weighted by Gasteiger charge is 2.24. The van der Waals surface area contributed by atoms with Gasteiger partial charge in [-0.15, -0.1) is 0 Å². The number of hydrogen-bond acceptors (Lipinski definition) is 3. The predicted molar refractivity (Wildman–Crippen MR) is 98.5 cm³/mol. The van der Waals surface area contributed by atoms with Crippen LogP contribution in [-0.2, 0) is 6.42 Å². The van der Waals surface area contributed by atoms with Crippen LogP contribution in [0.3, 0.4) is 0 Å². The van der Waals surface area contributed by atoms with Gasteiger partial charge in [0.1, 0.15) is 5.75 Å². The number of pyridine rings is 1. The molecular formula is C22H17NO2. The van der Waals surface area contributed by atoms with Crippen LogP contribution in [0.2, 0.25) is 0 Å². The molecule has 0 saturated carbocycles. The van der Waals surface area contributed by atoms with Crippen LogP contribution < -0.4 is 4.74 Å². The van der Waals surface area contributed by atoms with Gasteiger partial charge in [-0.1, -0.05) is 42.5 Å². The second kappa shape index (κ2) is 6.73. The number of carbonyl (C=O) groups excluding carboxylic acids is 1. The smallest absolute Gasteiger partial charge is 0.194 e. The molecule has 0 bridgehead atoms. The summed E-state index contributed by atoms with van der Waals surface area (Å²) in [5, 5.41) is 0. The van der Waals surface area contributed by atoms with E-state index >= 15 is 0 Å². The fourth-order valence-electron chi connectivity index (χ4n) is 2.98. The molecule has 0 unspecified atom stereocenters. The van der Waals surface area contributed by atoms with Gasteiger partial charge in [-0.05, 0) is 35.4 Å². The van der Waals surface area contributed by atoms with Crippen LogP contribution >= 0.6 is 0 Å². The Bertz CT molecular complexity index is 931. The molecular weight excluding hydrogens is 310 g/mol. The van der Waals surface area contributed by atoms with Gasteiger partial charge in [0.25, 0.3) is 0 Å². The molecule has 2 aromatic carbocycles. The molecule has 122 valence electrons. The molecule has 3 nitrogen and oxygen atoms in total. The van der Waals surface area contributed by atoms with E-state index in [2.05, 4.69) is 17.1 Å². The molecule has 0 fully saturated rings. The Hall–Kier alpha value is -3.20. The number of nitrogens with zero attached hydrogens (tertiary/aromatic N) is 1. The van der Waals surface area contributed by atoms with Crippen molar-refractivity contribution in [1.82, 2.24) is 4.98 Å². The summed E-state index contributed by atoms with van der Waals surface area (Å²) in [6.07, 6.45) is 6.18. The first-order chi connectivity index (χ1) is 12.3. The van der Waals surface area contributed by atoms with Crippen LogP contribution in [0, 0.1) is 0 Å². The highest BCUT2D eigenvalue weighted by atomic mass is 16.5. The largest absolute Gasteiger partial charge is 0.493 e. The van der Waals surface area contributed by atoms with E-state index in [4.69, 9.17) is 4.74 Å². The molecule has 0 radical (unpaired) electrons. The van der Waals surface area contributed by atoms with Crippen LogP contribution in [0.15, 0.2) is 73.1 Å². The molecule has 0 aliphatic heterocycles. The standard InChI is InChI=1S/C22H17NO2/c24-22-20(18-7-4-11-23-15-18)13-17-8-9-19(14-21(17)22)25-12-10-16-5-2-1-3-6-16/h1-9,11,13-15H,10,12H2. The number of aromatic nitrogens is 1. The molecule has 0 amide bonds. The third-order valence-electron chi connectivity index (χ3n) is 4.29. The highest BCUT2D eigenvalue weighted by molar-refractivity contribution is 6.37. The fraction of sp³-hybridized carbons (Fsp3) is 0.0909. The minimum Gasteiger partial charge on any atom is -0.493 e. The van der Waals surface area contributed by atoms with E-state index in [1.54, 1.807) is 12.4 Å². The second-order valence-electron chi connectivity index (χ2n) is 5.96. The first kappa shape index (κ1) is 15.3. The summed E-state index contributed by atoms with van der Waals surface area (Å²) in [6.45, 7) is 0.583. The van der Waals surface area contributed by atoms with Crippen LogP contribution in [-0.4, -0.2) is 17.4 Å². The van der Waals surface area contributed by atoms with Crippen molar-refractivity contribution in [3.8, 4) is 5.75 Å². The molecule has 3 aromatic rings. The van der Waals surface area contributed by atoms with E-state index in [-0.39, 0.29) is 5.78 Å². The zero-order chi connectivity index (χ0) is 17.1. The maximum absolute atomic E-state index is 12.7. The van der Waals surface area contributed by atoms with Crippen LogP contribution in [0.25, 0.3) is 11.6 Å². The van der Waals surface area contributed by atoms with Crippen LogP contribution in [0.5, 0.6) is 5.75 Å². The Kier molecular flexibility index (Phi) is 4.13. The number of Topliss-reactive ketones (excluding diaryl/α,β-unsaturated/α-hetero) is 1. The Balaban J connectivity index is 1.47. The Labute approximate surface area is 146 Å². The number of hydrogen-bond donors (Lipinski definition) is 0. The van der Waals surface area contributed by atoms with E-state index in [0.717, 1.165) is 23.3 Å². The molecule has 1 aromatic heterocycles. The average molecular weight is 327 g/mol. The van der Waals surface area contributed by atoms with Crippen molar-refractivity contribution in [2.24, 2.45) is 0 Å². The number of rotatable bonds is 5. The zero-order valence-electron chi connectivity index (χ0n) is 13.7. The SMILES string of the molecule is O=C1C(c2cccnc2)=Cc2ccc(OCCc3ccccc3)cc21. The first-order valence-electron chi connectivity index (χ1n) is 8.29. The highest BCUT2D eigenvalue weighted by Crippen LogP contribution is 2.33. The summed E-state index contributed by atoms with van der Waals surface area (Å²) in [7, 11) is 0. The number of carbonyl (C=O) groups is 1. The number of ketones is 1. The van der Waals surface area contributed by atoms with Crippen molar-refractivity contribution in [3.05, 3.63) is 95.3 Å². The van der Waals surface area contributed by atoms with Crippen molar-refractivity contribution >= 4 is 17.4 Å². The Morgan fingerprint density at radius 1 is 0.960 bits per heavy atom. The molecule has 0 spiro atoms. The van der Waals surface area contributed by atoms with Crippen molar-refractivity contribution in [3.63, 3.8) is 0 Å². The van der Waals surface area contributed by atoms with E-state index in [0.29, 0.717) is 17.7 Å². The van der Waals surface area contributed by atoms with Gasteiger partial charge < -0.3 is 4.74 Å². The third-order valence-corrected chi connectivity index (χ3v) is 4.29. The van der Waals surface area contributed by atoms with Gasteiger partial charge in [-0.25, -0.2) is 0 Å². The minimum atomic E-state index is 0.0245. The molecule has 0 saturated heterocycles. The van der Waals surface area contributed by atoms with Crippen molar-refractivity contribution in [1.29, 1.82) is 0 Å². The molecule has 25 heavy (non-hydrogen) atoms. The van der Waals surface area contributed by atoms with Crippen LogP contribution in [0.1, 0.15) is 27.0 Å². The van der Waals surface area contributed by atoms with E-state index in [1.165, 1.54) is 5.56 Å². The number of fused-ring (bicyclic) bond motifs is 1.